The van der Waals surface area contributed by atoms with E-state index in [4.69, 9.17) is 4.74 Å². The van der Waals surface area contributed by atoms with Crippen molar-refractivity contribution in [3.63, 3.8) is 0 Å². The fraction of sp³-hybridized carbons (Fsp3) is 0.450. The van der Waals surface area contributed by atoms with E-state index in [1.807, 2.05) is 30.3 Å². The lowest BCUT2D eigenvalue weighted by Gasteiger charge is -2.31. The standard InChI is InChI=1S/C20H25N3O3S/c1-3-11-23-17-10-6-5-9-16(17)21-20(23)27-14-18(24)22-12-7-8-15(13-22)19(25)26-4-2/h3,5-6,9-10,15H,1,4,7-8,11-14H2,2H3. The average molecular weight is 388 g/mol. The van der Waals surface area contributed by atoms with Gasteiger partial charge in [-0.3, -0.25) is 9.59 Å². The number of aromatic nitrogens is 2. The van der Waals surface area contributed by atoms with Gasteiger partial charge in [0, 0.05) is 19.6 Å². The van der Waals surface area contributed by atoms with Gasteiger partial charge in [-0.15, -0.1) is 6.58 Å². The zero-order chi connectivity index (χ0) is 19.2. The van der Waals surface area contributed by atoms with Crippen molar-refractivity contribution in [2.24, 2.45) is 5.92 Å². The van der Waals surface area contributed by atoms with E-state index in [0.29, 0.717) is 32.0 Å². The van der Waals surface area contributed by atoms with E-state index >= 15 is 0 Å². The van der Waals surface area contributed by atoms with Gasteiger partial charge in [-0.05, 0) is 31.9 Å². The Hall–Kier alpha value is -2.28. The number of carbonyl (C=O) groups is 2. The SMILES string of the molecule is C=CCn1c(SCC(=O)N2CCCC(C(=O)OCC)C2)nc2ccccc21. The van der Waals surface area contributed by atoms with Crippen LogP contribution in [0.25, 0.3) is 11.0 Å². The van der Waals surface area contributed by atoms with Gasteiger partial charge in [-0.2, -0.15) is 0 Å². The number of para-hydroxylation sites is 2. The molecule has 1 saturated heterocycles. The molecule has 0 N–H and O–H groups in total. The molecule has 1 fully saturated rings. The summed E-state index contributed by atoms with van der Waals surface area (Å²) in [5.41, 5.74) is 1.95. The summed E-state index contributed by atoms with van der Waals surface area (Å²) in [7, 11) is 0. The minimum atomic E-state index is -0.210. The van der Waals surface area contributed by atoms with E-state index < -0.39 is 0 Å². The fourth-order valence-electron chi connectivity index (χ4n) is 3.34. The molecule has 1 amide bonds. The topological polar surface area (TPSA) is 64.4 Å². The molecule has 27 heavy (non-hydrogen) atoms. The molecule has 6 nitrogen and oxygen atoms in total. The number of amides is 1. The number of likely N-dealkylation sites (tertiary alicyclic amines) is 1. The number of ether oxygens (including phenoxy) is 1. The molecule has 2 heterocycles. The third kappa shape index (κ3) is 4.53. The number of fused-ring (bicyclic) bond motifs is 1. The number of benzene rings is 1. The van der Waals surface area contributed by atoms with E-state index in [9.17, 15) is 9.59 Å². The average Bonchev–Trinajstić information content (AvgIpc) is 3.04. The van der Waals surface area contributed by atoms with Gasteiger partial charge in [-0.25, -0.2) is 4.98 Å². The van der Waals surface area contributed by atoms with Crippen LogP contribution in [0.2, 0.25) is 0 Å². The van der Waals surface area contributed by atoms with Crippen molar-refractivity contribution in [1.29, 1.82) is 0 Å². The third-order valence-electron chi connectivity index (χ3n) is 4.65. The summed E-state index contributed by atoms with van der Waals surface area (Å²) in [5.74, 6) is -0.0737. The first-order valence-electron chi connectivity index (χ1n) is 9.27. The number of hydrogen-bond acceptors (Lipinski definition) is 5. The van der Waals surface area contributed by atoms with Crippen molar-refractivity contribution in [3.8, 4) is 0 Å². The van der Waals surface area contributed by atoms with Crippen molar-refractivity contribution in [3.05, 3.63) is 36.9 Å². The van der Waals surface area contributed by atoms with Crippen molar-refractivity contribution in [2.45, 2.75) is 31.5 Å². The molecule has 3 rings (SSSR count). The molecule has 0 aliphatic carbocycles. The Labute approximate surface area is 163 Å². The van der Waals surface area contributed by atoms with Crippen molar-refractivity contribution in [1.82, 2.24) is 14.5 Å². The minimum Gasteiger partial charge on any atom is -0.466 e. The molecule has 0 spiro atoms. The molecule has 0 saturated carbocycles. The number of rotatable bonds is 7. The van der Waals surface area contributed by atoms with E-state index in [1.54, 1.807) is 11.8 Å². The summed E-state index contributed by atoms with van der Waals surface area (Å²) < 4.78 is 7.18. The molecule has 1 aliphatic heterocycles. The molecule has 0 radical (unpaired) electrons. The number of imidazole rings is 1. The first-order valence-corrected chi connectivity index (χ1v) is 10.3. The van der Waals surface area contributed by atoms with Crippen LogP contribution >= 0.6 is 11.8 Å². The maximum Gasteiger partial charge on any atom is 0.310 e. The molecule has 0 bridgehead atoms. The Balaban J connectivity index is 1.65. The third-order valence-corrected chi connectivity index (χ3v) is 5.61. The van der Waals surface area contributed by atoms with E-state index in [-0.39, 0.29) is 17.8 Å². The zero-order valence-electron chi connectivity index (χ0n) is 15.6. The predicted octanol–water partition coefficient (Wildman–Crippen LogP) is 3.12. The maximum absolute atomic E-state index is 12.7. The summed E-state index contributed by atoms with van der Waals surface area (Å²) in [5, 5.41) is 0.809. The molecule has 7 heteroatoms. The van der Waals surface area contributed by atoms with Crippen LogP contribution in [0, 0.1) is 5.92 Å². The van der Waals surface area contributed by atoms with E-state index in [0.717, 1.165) is 29.0 Å². The largest absolute Gasteiger partial charge is 0.466 e. The van der Waals surface area contributed by atoms with Gasteiger partial charge in [0.15, 0.2) is 5.16 Å². The highest BCUT2D eigenvalue weighted by Gasteiger charge is 2.29. The fourth-order valence-corrected chi connectivity index (χ4v) is 4.27. The molecule has 1 aliphatic rings. The number of piperidine rings is 1. The van der Waals surface area contributed by atoms with Gasteiger partial charge in [-0.1, -0.05) is 30.0 Å². The van der Waals surface area contributed by atoms with Gasteiger partial charge in [0.25, 0.3) is 0 Å². The first-order chi connectivity index (χ1) is 13.1. The van der Waals surface area contributed by atoms with Crippen molar-refractivity contribution >= 4 is 34.7 Å². The Morgan fingerprint density at radius 2 is 2.22 bits per heavy atom. The van der Waals surface area contributed by atoms with Crippen LogP contribution in [0.4, 0.5) is 0 Å². The summed E-state index contributed by atoms with van der Waals surface area (Å²) in [6.45, 7) is 7.77. The number of allylic oxidation sites excluding steroid dienone is 1. The molecule has 1 aromatic carbocycles. The number of nitrogens with zero attached hydrogens (tertiary/aromatic N) is 3. The summed E-state index contributed by atoms with van der Waals surface area (Å²) >= 11 is 1.43. The molecule has 1 unspecified atom stereocenters. The number of hydrogen-bond donors (Lipinski definition) is 0. The lowest BCUT2D eigenvalue weighted by molar-refractivity contribution is -0.151. The summed E-state index contributed by atoms with van der Waals surface area (Å²) in [6.07, 6.45) is 3.44. The smallest absolute Gasteiger partial charge is 0.310 e. The highest BCUT2D eigenvalue weighted by Crippen LogP contribution is 2.25. The monoisotopic (exact) mass is 387 g/mol. The quantitative estimate of drug-likeness (QED) is 0.415. The normalized spacial score (nSPS) is 17.1. The molecule has 1 atom stereocenters. The van der Waals surface area contributed by atoms with Crippen LogP contribution in [0.5, 0.6) is 0 Å². The van der Waals surface area contributed by atoms with Crippen LogP contribution in [-0.2, 0) is 20.9 Å². The maximum atomic E-state index is 12.7. The van der Waals surface area contributed by atoms with Crippen molar-refractivity contribution < 1.29 is 14.3 Å². The highest BCUT2D eigenvalue weighted by atomic mass is 32.2. The van der Waals surface area contributed by atoms with Crippen LogP contribution in [0.15, 0.2) is 42.1 Å². The van der Waals surface area contributed by atoms with Gasteiger partial charge in [0.1, 0.15) is 0 Å². The number of carbonyl (C=O) groups excluding carboxylic acids is 2. The lowest BCUT2D eigenvalue weighted by atomic mass is 9.98. The molecular weight excluding hydrogens is 362 g/mol. The van der Waals surface area contributed by atoms with Gasteiger partial charge >= 0.3 is 5.97 Å². The second-order valence-electron chi connectivity index (χ2n) is 6.50. The van der Waals surface area contributed by atoms with E-state index in [1.165, 1.54) is 11.8 Å². The Morgan fingerprint density at radius 3 is 3.00 bits per heavy atom. The van der Waals surface area contributed by atoms with Crippen molar-refractivity contribution in [2.75, 3.05) is 25.4 Å². The second kappa shape index (κ2) is 9.08. The van der Waals surface area contributed by atoms with Gasteiger partial charge in [0.05, 0.1) is 29.3 Å². The Morgan fingerprint density at radius 1 is 1.41 bits per heavy atom. The van der Waals surface area contributed by atoms with Gasteiger partial charge < -0.3 is 14.2 Å². The van der Waals surface area contributed by atoms with Gasteiger partial charge in [0.2, 0.25) is 5.91 Å². The molecular formula is C20H25N3O3S. The summed E-state index contributed by atoms with van der Waals surface area (Å²) in [4.78, 5) is 31.1. The Kier molecular flexibility index (Phi) is 6.55. The lowest BCUT2D eigenvalue weighted by Crippen LogP contribution is -2.43. The van der Waals surface area contributed by atoms with E-state index in [2.05, 4.69) is 16.1 Å². The van der Waals surface area contributed by atoms with Crippen LogP contribution in [-0.4, -0.2) is 51.8 Å². The molecule has 144 valence electrons. The first kappa shape index (κ1) is 19.5. The molecule has 1 aromatic heterocycles. The summed E-state index contributed by atoms with van der Waals surface area (Å²) in [6, 6.07) is 7.92. The second-order valence-corrected chi connectivity index (χ2v) is 7.44. The predicted molar refractivity (Wildman–Crippen MR) is 107 cm³/mol. The minimum absolute atomic E-state index is 0.0335. The zero-order valence-corrected chi connectivity index (χ0v) is 16.4. The van der Waals surface area contributed by atoms with Crippen LogP contribution < -0.4 is 0 Å². The van der Waals surface area contributed by atoms with Crippen LogP contribution in [0.3, 0.4) is 0 Å². The number of thioether (sulfide) groups is 1. The Bertz CT molecular complexity index is 833. The number of esters is 1. The molecule has 2 aromatic rings. The highest BCUT2D eigenvalue weighted by molar-refractivity contribution is 7.99. The van der Waals surface area contributed by atoms with Crippen LogP contribution in [0.1, 0.15) is 19.8 Å².